The minimum absolute atomic E-state index is 0.145. The number of carbonyl (C=O) groups excluding carboxylic acids is 2. The van der Waals surface area contributed by atoms with Crippen LogP contribution < -0.4 is 0 Å². The molecule has 0 aromatic rings. The predicted octanol–water partition coefficient (Wildman–Crippen LogP) is 3.22. The summed E-state index contributed by atoms with van der Waals surface area (Å²) in [5.41, 5.74) is 0.674. The van der Waals surface area contributed by atoms with Gasteiger partial charge in [-0.25, -0.2) is 4.79 Å². The Balaban J connectivity index is 2.28. The summed E-state index contributed by atoms with van der Waals surface area (Å²) in [4.78, 5) is 25.4. The molecule has 0 bridgehead atoms. The van der Waals surface area contributed by atoms with Gasteiger partial charge < -0.3 is 75.9 Å². The second-order valence-electron chi connectivity index (χ2n) is 21.5. The van der Waals surface area contributed by atoms with Crippen molar-refractivity contribution < 1.29 is 85.4 Å². The van der Waals surface area contributed by atoms with Gasteiger partial charge in [0.1, 0.15) is 12.2 Å². The number of esters is 2. The maximum atomic E-state index is 13.4. The van der Waals surface area contributed by atoms with Crippen LogP contribution in [0.2, 0.25) is 0 Å². The van der Waals surface area contributed by atoms with Crippen LogP contribution in [0.5, 0.6) is 0 Å². The van der Waals surface area contributed by atoms with Crippen molar-refractivity contribution in [2.45, 2.75) is 231 Å². The normalized spacial score (nSPS) is 41.4. The number of cyclic esters (lactones) is 2. The van der Waals surface area contributed by atoms with Gasteiger partial charge in [0.25, 0.3) is 0 Å². The van der Waals surface area contributed by atoms with Crippen LogP contribution in [0.4, 0.5) is 0 Å². The lowest BCUT2D eigenvalue weighted by Crippen LogP contribution is -2.41. The minimum Gasteiger partial charge on any atom is -0.462 e. The van der Waals surface area contributed by atoms with Gasteiger partial charge in [-0.2, -0.15) is 0 Å². The van der Waals surface area contributed by atoms with Gasteiger partial charge in [-0.1, -0.05) is 97.1 Å². The van der Waals surface area contributed by atoms with Crippen LogP contribution in [0.1, 0.15) is 139 Å². The molecule has 0 aromatic carbocycles. The third-order valence-corrected chi connectivity index (χ3v) is 15.1. The molecule has 0 aliphatic carbocycles. The Morgan fingerprint density at radius 3 is 1.69 bits per heavy atom. The average Bonchev–Trinajstić information content (AvgIpc) is 3.77. The summed E-state index contributed by atoms with van der Waals surface area (Å²) in [7, 11) is 0. The van der Waals surface area contributed by atoms with E-state index in [4.69, 9.17) is 9.47 Å². The Bertz CT molecular complexity index is 1730. The summed E-state index contributed by atoms with van der Waals surface area (Å²) >= 11 is 0. The van der Waals surface area contributed by atoms with Crippen LogP contribution in [-0.4, -0.2) is 170 Å². The Morgan fingerprint density at radius 1 is 0.542 bits per heavy atom. The quantitative estimate of drug-likeness (QED) is 0.140. The average molecular weight is 1030 g/mol. The van der Waals surface area contributed by atoms with Gasteiger partial charge in [0.15, 0.2) is 0 Å². The molecule has 13 N–H and O–H groups in total. The lowest BCUT2D eigenvalue weighted by Gasteiger charge is -2.33. The van der Waals surface area contributed by atoms with Crippen molar-refractivity contribution in [2.75, 3.05) is 0 Å². The third-order valence-electron chi connectivity index (χ3n) is 15.1. The highest BCUT2D eigenvalue weighted by molar-refractivity contribution is 5.87. The molecule has 0 unspecified atom stereocenters. The Kier molecular flexibility index (Phi) is 29.5. The zero-order chi connectivity index (χ0) is 54.6. The van der Waals surface area contributed by atoms with E-state index in [-0.39, 0.29) is 62.8 Å². The summed E-state index contributed by atoms with van der Waals surface area (Å²) in [6, 6.07) is 0. The van der Waals surface area contributed by atoms with Gasteiger partial charge >= 0.3 is 11.9 Å². The van der Waals surface area contributed by atoms with Gasteiger partial charge in [0.05, 0.1) is 79.4 Å². The maximum Gasteiger partial charge on any atom is 0.333 e. The molecule has 22 atom stereocenters. The maximum absolute atomic E-state index is 13.4. The Morgan fingerprint density at radius 2 is 1.11 bits per heavy atom. The van der Waals surface area contributed by atoms with Crippen LogP contribution in [0, 0.1) is 41.4 Å². The first kappa shape index (κ1) is 65.2. The number of aliphatic hydroxyl groups is 13. The smallest absolute Gasteiger partial charge is 0.333 e. The van der Waals surface area contributed by atoms with Crippen molar-refractivity contribution in [1.29, 1.82) is 0 Å². The van der Waals surface area contributed by atoms with E-state index in [1.807, 2.05) is 32.9 Å². The molecule has 0 aromatic heterocycles. The van der Waals surface area contributed by atoms with E-state index in [1.54, 1.807) is 52.0 Å². The second-order valence-corrected chi connectivity index (χ2v) is 21.5. The molecule has 72 heavy (non-hydrogen) atoms. The van der Waals surface area contributed by atoms with Crippen LogP contribution in [0.15, 0.2) is 59.8 Å². The SMILES string of the molecule is CC1=CCC[C@H](C)[C@@H](O)[C@@H](C)[C@@H](O)CCC=C[C@@H](C)[C@H](O)C=C[C@@H](C)[C@H](O)C(C)=C[C@@H](O)[C@@H](O)C[C@@H](O)C[C@H](O)C[C@H](O)[C@@H](C)[C@@H](O)[C@@H](C)[C@H](O)C[C@H](O)C[C@H](O)C=CC[C@@H]([C@@H](C)[C@@H]2CCC(=O)O2)OC1=O. The molecule has 0 spiro atoms. The highest BCUT2D eigenvalue weighted by Gasteiger charge is 2.36. The van der Waals surface area contributed by atoms with E-state index in [1.165, 1.54) is 26.0 Å². The Hall–Kier alpha value is -2.88. The van der Waals surface area contributed by atoms with Crippen molar-refractivity contribution in [2.24, 2.45) is 41.4 Å². The van der Waals surface area contributed by atoms with Gasteiger partial charge in [0, 0.05) is 66.8 Å². The van der Waals surface area contributed by atoms with E-state index >= 15 is 0 Å². The standard InChI is InChI=1S/C55H94O17/c1-30-14-10-11-18-44(61)35(6)53(68)31(2)15-12-16-33(4)55(70)72-49(38(9)50-22-23-51(66)71-50)19-13-17-39(56)25-40(57)27-45(62)36(7)54(69)37(8)46(63)28-41(58)26-42(59)29-48(65)47(64)24-34(5)52(67)32(3)20-21-43(30)60/h10,13-14,16-17,20-21,24,30-32,35-50,52-54,56-65,67-69H,11-12,15,18-19,22-23,25-29H2,1-9H3/t30-,31+,32-,35+,36+,37-,38-,39-,40-,41+,42+,43-,44+,45-,46+,47-,48+,49+,50+,52+,53-,54+/m1/s1. The number of aliphatic hydroxyl groups excluding tert-OH is 13. The van der Waals surface area contributed by atoms with Crippen LogP contribution in [0.25, 0.3) is 0 Å². The molecule has 17 nitrogen and oxygen atoms in total. The fourth-order valence-corrected chi connectivity index (χ4v) is 9.41. The minimum atomic E-state index is -1.48. The molecule has 0 amide bonds. The van der Waals surface area contributed by atoms with E-state index in [2.05, 4.69) is 0 Å². The molecule has 1 saturated heterocycles. The number of hydrogen-bond donors (Lipinski definition) is 13. The first-order chi connectivity index (χ1) is 33.6. The second kappa shape index (κ2) is 32.5. The fraction of sp³-hybridized carbons (Fsp3) is 0.782. The molecule has 2 rings (SSSR count). The molecule has 17 heteroatoms. The van der Waals surface area contributed by atoms with Gasteiger partial charge in [-0.05, 0) is 76.7 Å². The molecule has 0 saturated carbocycles. The number of ether oxygens (including phenoxy) is 2. The fourth-order valence-electron chi connectivity index (χ4n) is 9.41. The lowest BCUT2D eigenvalue weighted by atomic mass is 9.82. The van der Waals surface area contributed by atoms with Crippen molar-refractivity contribution >= 4 is 11.9 Å². The number of rotatable bonds is 2. The van der Waals surface area contributed by atoms with E-state index < -0.39 is 127 Å². The van der Waals surface area contributed by atoms with Crippen LogP contribution >= 0.6 is 0 Å². The summed E-state index contributed by atoms with van der Waals surface area (Å²) < 4.78 is 11.4. The highest BCUT2D eigenvalue weighted by atomic mass is 16.6. The van der Waals surface area contributed by atoms with Crippen molar-refractivity contribution in [3.05, 3.63) is 59.8 Å². The van der Waals surface area contributed by atoms with E-state index in [0.717, 1.165) is 0 Å². The van der Waals surface area contributed by atoms with Crippen molar-refractivity contribution in [3.8, 4) is 0 Å². The van der Waals surface area contributed by atoms with Gasteiger partial charge in [0.2, 0.25) is 0 Å². The highest BCUT2D eigenvalue weighted by Crippen LogP contribution is 2.30. The third kappa shape index (κ3) is 22.5. The Labute approximate surface area is 428 Å². The zero-order valence-electron chi connectivity index (χ0n) is 44.3. The molecule has 2 aliphatic heterocycles. The number of allylic oxidation sites excluding steroid dienone is 2. The first-order valence-electron chi connectivity index (χ1n) is 26.3. The summed E-state index contributed by atoms with van der Waals surface area (Å²) in [6.45, 7) is 15.3. The molecule has 2 aliphatic rings. The molecular formula is C55H94O17. The number of carbonyl (C=O) groups is 2. The molecule has 0 radical (unpaired) electrons. The predicted molar refractivity (Wildman–Crippen MR) is 272 cm³/mol. The van der Waals surface area contributed by atoms with Crippen LogP contribution in [0.3, 0.4) is 0 Å². The largest absolute Gasteiger partial charge is 0.462 e. The topological polar surface area (TPSA) is 316 Å². The van der Waals surface area contributed by atoms with Crippen LogP contribution in [-0.2, 0) is 19.1 Å². The van der Waals surface area contributed by atoms with Crippen molar-refractivity contribution in [3.63, 3.8) is 0 Å². The summed E-state index contributed by atoms with van der Waals surface area (Å²) in [5.74, 6) is -4.56. The summed E-state index contributed by atoms with van der Waals surface area (Å²) in [5, 5.41) is 141. The zero-order valence-corrected chi connectivity index (χ0v) is 44.3. The van der Waals surface area contributed by atoms with Gasteiger partial charge in [-0.15, -0.1) is 0 Å². The first-order valence-corrected chi connectivity index (χ1v) is 26.3. The molecule has 416 valence electrons. The van der Waals surface area contributed by atoms with E-state index in [9.17, 15) is 76.0 Å². The molecule has 1 fully saturated rings. The lowest BCUT2D eigenvalue weighted by molar-refractivity contribution is -0.152. The summed E-state index contributed by atoms with van der Waals surface area (Å²) in [6.07, 6.45) is -2.35. The van der Waals surface area contributed by atoms with E-state index in [0.29, 0.717) is 43.3 Å². The number of hydrogen-bond acceptors (Lipinski definition) is 17. The van der Waals surface area contributed by atoms with Crippen molar-refractivity contribution in [1.82, 2.24) is 0 Å². The monoisotopic (exact) mass is 1030 g/mol. The molecule has 2 heterocycles. The van der Waals surface area contributed by atoms with Gasteiger partial charge in [-0.3, -0.25) is 4.79 Å². The molecular weight excluding hydrogens is 933 g/mol.